The maximum atomic E-state index is 13.1. The Balaban J connectivity index is 1.90. The van der Waals surface area contributed by atoms with Crippen molar-refractivity contribution in [1.82, 2.24) is 9.88 Å². The highest BCUT2D eigenvalue weighted by molar-refractivity contribution is 9.10. The maximum absolute atomic E-state index is 13.1. The van der Waals surface area contributed by atoms with Gasteiger partial charge in [0, 0.05) is 28.3 Å². The van der Waals surface area contributed by atoms with E-state index in [2.05, 4.69) is 20.9 Å². The van der Waals surface area contributed by atoms with E-state index in [-0.39, 0.29) is 18.9 Å². The third-order valence-electron chi connectivity index (χ3n) is 3.27. The number of hydrogen-bond acceptors (Lipinski definition) is 1. The first-order valence-electron chi connectivity index (χ1n) is 5.90. The molecule has 0 saturated carbocycles. The Morgan fingerprint density at radius 2 is 2.16 bits per heavy atom. The van der Waals surface area contributed by atoms with Gasteiger partial charge < -0.3 is 9.88 Å². The first-order chi connectivity index (χ1) is 8.94. The summed E-state index contributed by atoms with van der Waals surface area (Å²) in [5.74, 6) is -3.13. The Morgan fingerprint density at radius 3 is 2.84 bits per heavy atom. The zero-order chi connectivity index (χ0) is 13.6. The van der Waals surface area contributed by atoms with Crippen LogP contribution in [0.1, 0.15) is 16.9 Å². The molecule has 0 unspecified atom stereocenters. The minimum Gasteiger partial charge on any atom is -0.351 e. The van der Waals surface area contributed by atoms with E-state index in [0.29, 0.717) is 5.69 Å². The number of likely N-dealkylation sites (tertiary alicyclic amines) is 1. The van der Waals surface area contributed by atoms with Crippen LogP contribution in [0.2, 0.25) is 0 Å². The predicted molar refractivity (Wildman–Crippen MR) is 71.5 cm³/mol. The van der Waals surface area contributed by atoms with Crippen LogP contribution in [-0.4, -0.2) is 34.8 Å². The Bertz CT molecular complexity index is 653. The molecule has 1 N–H and O–H groups in total. The molecule has 1 fully saturated rings. The average molecular weight is 329 g/mol. The van der Waals surface area contributed by atoms with Crippen molar-refractivity contribution >= 4 is 32.7 Å². The summed E-state index contributed by atoms with van der Waals surface area (Å²) in [5.41, 5.74) is 1.17. The average Bonchev–Trinajstić information content (AvgIpc) is 2.90. The summed E-state index contributed by atoms with van der Waals surface area (Å²) >= 11 is 3.35. The lowest BCUT2D eigenvalue weighted by Gasteiger charge is -2.14. The first kappa shape index (κ1) is 12.6. The van der Waals surface area contributed by atoms with Gasteiger partial charge in [-0.15, -0.1) is 0 Å². The molecular weight excluding hydrogens is 318 g/mol. The molecule has 2 heterocycles. The van der Waals surface area contributed by atoms with Crippen molar-refractivity contribution in [2.45, 2.75) is 12.3 Å². The monoisotopic (exact) mass is 328 g/mol. The lowest BCUT2D eigenvalue weighted by molar-refractivity contribution is 0.0119. The number of amides is 1. The van der Waals surface area contributed by atoms with Crippen LogP contribution >= 0.6 is 15.9 Å². The van der Waals surface area contributed by atoms with Gasteiger partial charge in [-0.25, -0.2) is 8.78 Å². The van der Waals surface area contributed by atoms with Gasteiger partial charge in [-0.2, -0.15) is 0 Å². The quantitative estimate of drug-likeness (QED) is 0.855. The molecule has 0 radical (unpaired) electrons. The van der Waals surface area contributed by atoms with E-state index in [0.717, 1.165) is 15.4 Å². The fraction of sp³-hybridized carbons (Fsp3) is 0.308. The van der Waals surface area contributed by atoms with Gasteiger partial charge in [0.2, 0.25) is 0 Å². The van der Waals surface area contributed by atoms with Crippen molar-refractivity contribution in [3.05, 3.63) is 34.4 Å². The topological polar surface area (TPSA) is 36.1 Å². The number of benzene rings is 1. The molecule has 6 heteroatoms. The molecule has 1 aromatic carbocycles. The number of H-pyrrole nitrogens is 1. The van der Waals surface area contributed by atoms with Gasteiger partial charge >= 0.3 is 0 Å². The summed E-state index contributed by atoms with van der Waals surface area (Å²) in [6.45, 7) is -0.393. The van der Waals surface area contributed by atoms with Crippen LogP contribution in [0.5, 0.6) is 0 Å². The second-order valence-electron chi connectivity index (χ2n) is 4.75. The third-order valence-corrected chi connectivity index (χ3v) is 3.76. The van der Waals surface area contributed by atoms with E-state index in [9.17, 15) is 13.6 Å². The van der Waals surface area contributed by atoms with Crippen molar-refractivity contribution in [2.24, 2.45) is 0 Å². The largest absolute Gasteiger partial charge is 0.351 e. The van der Waals surface area contributed by atoms with Crippen molar-refractivity contribution in [3.63, 3.8) is 0 Å². The fourth-order valence-corrected chi connectivity index (χ4v) is 2.68. The number of nitrogens with one attached hydrogen (secondary N) is 1. The summed E-state index contributed by atoms with van der Waals surface area (Å²) in [6.07, 6.45) is -0.259. The Labute approximate surface area is 116 Å². The Kier molecular flexibility index (Phi) is 2.85. The molecule has 0 atom stereocenters. The molecule has 3 rings (SSSR count). The van der Waals surface area contributed by atoms with Crippen LogP contribution in [0.25, 0.3) is 10.9 Å². The van der Waals surface area contributed by atoms with E-state index in [4.69, 9.17) is 0 Å². The molecule has 2 aromatic rings. The van der Waals surface area contributed by atoms with Gasteiger partial charge in [-0.1, -0.05) is 15.9 Å². The highest BCUT2D eigenvalue weighted by atomic mass is 79.9. The van der Waals surface area contributed by atoms with Gasteiger partial charge in [-0.3, -0.25) is 4.79 Å². The Hall–Kier alpha value is -1.43. The smallest absolute Gasteiger partial charge is 0.270 e. The SMILES string of the molecule is O=C(c1cc2cc(Br)ccc2[nH]1)N1CCC(F)(F)C1. The zero-order valence-electron chi connectivity index (χ0n) is 9.92. The normalized spacial score (nSPS) is 18.2. The van der Waals surface area contributed by atoms with Crippen molar-refractivity contribution in [2.75, 3.05) is 13.1 Å². The minimum atomic E-state index is -2.76. The van der Waals surface area contributed by atoms with Crippen LogP contribution in [-0.2, 0) is 0 Å². The maximum Gasteiger partial charge on any atom is 0.270 e. The van der Waals surface area contributed by atoms with Crippen LogP contribution in [0.4, 0.5) is 8.78 Å². The zero-order valence-corrected chi connectivity index (χ0v) is 11.5. The number of hydrogen-bond donors (Lipinski definition) is 1. The molecule has 1 amide bonds. The second kappa shape index (κ2) is 4.30. The van der Waals surface area contributed by atoms with Crippen LogP contribution in [0.15, 0.2) is 28.7 Å². The van der Waals surface area contributed by atoms with Gasteiger partial charge in [0.15, 0.2) is 0 Å². The number of aromatic amines is 1. The lowest BCUT2D eigenvalue weighted by atomic mass is 10.2. The lowest BCUT2D eigenvalue weighted by Crippen LogP contribution is -2.31. The first-order valence-corrected chi connectivity index (χ1v) is 6.69. The molecule has 3 nitrogen and oxygen atoms in total. The van der Waals surface area contributed by atoms with Crippen molar-refractivity contribution < 1.29 is 13.6 Å². The summed E-state index contributed by atoms with van der Waals surface area (Å²) in [7, 11) is 0. The Morgan fingerprint density at radius 1 is 1.37 bits per heavy atom. The molecule has 0 aliphatic carbocycles. The van der Waals surface area contributed by atoms with Gasteiger partial charge in [0.1, 0.15) is 5.69 Å². The molecular formula is C13H11BrF2N2O. The fourth-order valence-electron chi connectivity index (χ4n) is 2.30. The third kappa shape index (κ3) is 2.36. The summed E-state index contributed by atoms with van der Waals surface area (Å²) < 4.78 is 27.1. The molecule has 0 bridgehead atoms. The summed E-state index contributed by atoms with van der Waals surface area (Å²) in [5, 5.41) is 0.878. The van der Waals surface area contributed by atoms with Crippen LogP contribution in [0.3, 0.4) is 0 Å². The summed E-state index contributed by atoms with van der Waals surface area (Å²) in [4.78, 5) is 16.3. The van der Waals surface area contributed by atoms with Gasteiger partial charge in [0.05, 0.1) is 6.54 Å². The highest BCUT2D eigenvalue weighted by Crippen LogP contribution is 2.28. The number of aromatic nitrogens is 1. The number of halogens is 3. The number of alkyl halides is 2. The van der Waals surface area contributed by atoms with E-state index in [1.807, 2.05) is 18.2 Å². The molecule has 1 saturated heterocycles. The number of carbonyl (C=O) groups is 1. The van der Waals surface area contributed by atoms with E-state index < -0.39 is 12.5 Å². The number of carbonyl (C=O) groups excluding carboxylic acids is 1. The molecule has 1 aliphatic rings. The van der Waals surface area contributed by atoms with E-state index in [1.165, 1.54) is 4.90 Å². The summed E-state index contributed by atoms with van der Waals surface area (Å²) in [6, 6.07) is 7.27. The van der Waals surface area contributed by atoms with E-state index >= 15 is 0 Å². The molecule has 19 heavy (non-hydrogen) atoms. The highest BCUT2D eigenvalue weighted by Gasteiger charge is 2.40. The number of nitrogens with zero attached hydrogens (tertiary/aromatic N) is 1. The van der Waals surface area contributed by atoms with Gasteiger partial charge in [-0.05, 0) is 24.3 Å². The standard InChI is InChI=1S/C13H11BrF2N2O/c14-9-1-2-10-8(5-9)6-11(17-10)12(19)18-4-3-13(15,16)7-18/h1-2,5-6,17H,3-4,7H2. The molecule has 0 spiro atoms. The predicted octanol–water partition coefficient (Wildman–Crippen LogP) is 3.41. The van der Waals surface area contributed by atoms with Gasteiger partial charge in [0.25, 0.3) is 11.8 Å². The number of fused-ring (bicyclic) bond motifs is 1. The van der Waals surface area contributed by atoms with Crippen LogP contribution < -0.4 is 0 Å². The second-order valence-corrected chi connectivity index (χ2v) is 5.66. The van der Waals surface area contributed by atoms with E-state index in [1.54, 1.807) is 6.07 Å². The van der Waals surface area contributed by atoms with Crippen molar-refractivity contribution in [1.29, 1.82) is 0 Å². The van der Waals surface area contributed by atoms with Crippen molar-refractivity contribution in [3.8, 4) is 0 Å². The number of rotatable bonds is 1. The molecule has 100 valence electrons. The molecule has 1 aromatic heterocycles. The van der Waals surface area contributed by atoms with Crippen LogP contribution in [0, 0.1) is 0 Å². The molecule has 1 aliphatic heterocycles. The minimum absolute atomic E-state index is 0.102.